The van der Waals surface area contributed by atoms with Crippen molar-refractivity contribution < 1.29 is 4.79 Å². The summed E-state index contributed by atoms with van der Waals surface area (Å²) in [5.74, 6) is 0.247. The molecule has 2 heterocycles. The molecule has 0 saturated carbocycles. The van der Waals surface area contributed by atoms with Gasteiger partial charge in [-0.1, -0.05) is 0 Å². The lowest BCUT2D eigenvalue weighted by Crippen LogP contribution is -2.32. The number of likely N-dealkylation sites (N-methyl/N-ethyl adjacent to an activating group) is 1. The Balaban J connectivity index is 1.66. The Morgan fingerprint density at radius 1 is 1.15 bits per heavy atom. The molecule has 0 atom stereocenters. The fourth-order valence-corrected chi connectivity index (χ4v) is 3.08. The molecule has 1 aromatic heterocycles. The van der Waals surface area contributed by atoms with Crippen LogP contribution in [0.15, 0.2) is 30.3 Å². The van der Waals surface area contributed by atoms with Crippen LogP contribution in [-0.2, 0) is 0 Å². The van der Waals surface area contributed by atoms with Crippen molar-refractivity contribution >= 4 is 23.2 Å². The van der Waals surface area contributed by atoms with Crippen LogP contribution >= 0.6 is 0 Å². The molecule has 1 aliphatic rings. The van der Waals surface area contributed by atoms with E-state index < -0.39 is 0 Å². The summed E-state index contributed by atoms with van der Waals surface area (Å²) in [5.41, 5.74) is 3.27. The van der Waals surface area contributed by atoms with E-state index in [1.165, 1.54) is 18.5 Å². The summed E-state index contributed by atoms with van der Waals surface area (Å²) < 4.78 is 0. The lowest BCUT2D eigenvalue weighted by atomic mass is 10.2. The predicted octanol–water partition coefficient (Wildman–Crippen LogP) is 2.42. The largest absolute Gasteiger partial charge is 0.372 e. The first kappa shape index (κ1) is 19.1. The van der Waals surface area contributed by atoms with Gasteiger partial charge in [0, 0.05) is 43.2 Å². The molecule has 144 valence electrons. The third-order valence-electron chi connectivity index (χ3n) is 4.53. The fraction of sp³-hybridized carbons (Fsp3) is 0.450. The fourth-order valence-electron chi connectivity index (χ4n) is 3.08. The molecule has 3 rings (SSSR count). The van der Waals surface area contributed by atoms with Crippen molar-refractivity contribution in [1.82, 2.24) is 20.2 Å². The quantitative estimate of drug-likeness (QED) is 0.782. The van der Waals surface area contributed by atoms with E-state index in [0.717, 1.165) is 31.0 Å². The van der Waals surface area contributed by atoms with Crippen LogP contribution in [0.5, 0.6) is 0 Å². The number of aromatic nitrogens is 2. The summed E-state index contributed by atoms with van der Waals surface area (Å²) in [7, 11) is 3.94. The van der Waals surface area contributed by atoms with Crippen LogP contribution in [0.4, 0.5) is 17.3 Å². The van der Waals surface area contributed by atoms with E-state index in [9.17, 15) is 4.79 Å². The van der Waals surface area contributed by atoms with Crippen LogP contribution in [0.25, 0.3) is 0 Å². The number of carbonyl (C=O) groups is 1. The Morgan fingerprint density at radius 2 is 1.85 bits per heavy atom. The van der Waals surface area contributed by atoms with Crippen LogP contribution in [0.3, 0.4) is 0 Å². The average Bonchev–Trinajstić information content (AvgIpc) is 3.16. The number of aryl methyl sites for hydroxylation is 1. The minimum absolute atomic E-state index is 0.185. The monoisotopic (exact) mass is 368 g/mol. The van der Waals surface area contributed by atoms with Gasteiger partial charge in [0.1, 0.15) is 5.69 Å². The molecule has 0 bridgehead atoms. The zero-order chi connectivity index (χ0) is 19.2. The summed E-state index contributed by atoms with van der Waals surface area (Å²) in [6.07, 6.45) is 2.52. The number of nitrogens with one attached hydrogen (secondary N) is 2. The number of amides is 1. The van der Waals surface area contributed by atoms with Crippen molar-refractivity contribution in [3.8, 4) is 0 Å². The molecule has 1 aromatic carbocycles. The van der Waals surface area contributed by atoms with E-state index in [4.69, 9.17) is 0 Å². The van der Waals surface area contributed by atoms with Gasteiger partial charge < -0.3 is 20.4 Å². The number of hydrogen-bond acceptors (Lipinski definition) is 6. The SMILES string of the molecule is Cc1cc(C(=O)NCCN(C)C)nc(Nc2ccc(N3CCCC3)cc2)n1. The molecular weight excluding hydrogens is 340 g/mol. The van der Waals surface area contributed by atoms with E-state index >= 15 is 0 Å². The van der Waals surface area contributed by atoms with E-state index in [1.807, 2.05) is 38.1 Å². The summed E-state index contributed by atoms with van der Waals surface area (Å²) in [6.45, 7) is 5.47. The molecular formula is C20H28N6O. The van der Waals surface area contributed by atoms with Crippen LogP contribution in [0, 0.1) is 6.92 Å². The maximum atomic E-state index is 12.3. The van der Waals surface area contributed by atoms with E-state index in [0.29, 0.717) is 18.2 Å². The first-order valence-electron chi connectivity index (χ1n) is 9.42. The van der Waals surface area contributed by atoms with Crippen molar-refractivity contribution in [3.63, 3.8) is 0 Å². The van der Waals surface area contributed by atoms with Gasteiger partial charge in [0.15, 0.2) is 0 Å². The molecule has 2 N–H and O–H groups in total. The van der Waals surface area contributed by atoms with Crippen LogP contribution in [0.1, 0.15) is 29.0 Å². The number of rotatable bonds is 7. The zero-order valence-corrected chi connectivity index (χ0v) is 16.3. The van der Waals surface area contributed by atoms with Gasteiger partial charge in [-0.3, -0.25) is 4.79 Å². The molecule has 0 unspecified atom stereocenters. The molecule has 7 heteroatoms. The van der Waals surface area contributed by atoms with Crippen LogP contribution < -0.4 is 15.5 Å². The Labute approximate surface area is 160 Å². The highest BCUT2D eigenvalue weighted by molar-refractivity contribution is 5.92. The highest BCUT2D eigenvalue weighted by atomic mass is 16.1. The highest BCUT2D eigenvalue weighted by Gasteiger charge is 2.13. The molecule has 1 amide bonds. The number of carbonyl (C=O) groups excluding carboxylic acids is 1. The van der Waals surface area contributed by atoms with Gasteiger partial charge >= 0.3 is 0 Å². The van der Waals surface area contributed by atoms with Gasteiger partial charge in [-0.25, -0.2) is 9.97 Å². The Hall–Kier alpha value is -2.67. The normalized spacial score (nSPS) is 13.9. The molecule has 27 heavy (non-hydrogen) atoms. The third-order valence-corrected chi connectivity index (χ3v) is 4.53. The molecule has 1 fully saturated rings. The lowest BCUT2D eigenvalue weighted by molar-refractivity contribution is 0.0946. The highest BCUT2D eigenvalue weighted by Crippen LogP contribution is 2.23. The van der Waals surface area contributed by atoms with Crippen molar-refractivity contribution in [1.29, 1.82) is 0 Å². The average molecular weight is 368 g/mol. The zero-order valence-electron chi connectivity index (χ0n) is 16.3. The van der Waals surface area contributed by atoms with Gasteiger partial charge in [0.2, 0.25) is 5.95 Å². The molecule has 0 radical (unpaired) electrons. The number of benzene rings is 1. The van der Waals surface area contributed by atoms with E-state index in [-0.39, 0.29) is 5.91 Å². The Kier molecular flexibility index (Phi) is 6.24. The minimum Gasteiger partial charge on any atom is -0.372 e. The smallest absolute Gasteiger partial charge is 0.270 e. The maximum Gasteiger partial charge on any atom is 0.270 e. The minimum atomic E-state index is -0.185. The van der Waals surface area contributed by atoms with Gasteiger partial charge in [-0.15, -0.1) is 0 Å². The maximum absolute atomic E-state index is 12.3. The van der Waals surface area contributed by atoms with Crippen molar-refractivity contribution in [2.24, 2.45) is 0 Å². The van der Waals surface area contributed by atoms with Crippen LogP contribution in [0.2, 0.25) is 0 Å². The molecule has 1 aliphatic heterocycles. The first-order valence-corrected chi connectivity index (χ1v) is 9.42. The number of nitrogens with zero attached hydrogens (tertiary/aromatic N) is 4. The Bertz CT molecular complexity index is 769. The molecule has 1 saturated heterocycles. The summed E-state index contributed by atoms with van der Waals surface area (Å²) in [5, 5.41) is 6.09. The van der Waals surface area contributed by atoms with Crippen molar-refractivity contribution in [2.45, 2.75) is 19.8 Å². The second kappa shape index (κ2) is 8.81. The third kappa shape index (κ3) is 5.40. The summed E-state index contributed by atoms with van der Waals surface area (Å²) in [6, 6.07) is 9.97. The topological polar surface area (TPSA) is 73.4 Å². The Morgan fingerprint density at radius 3 is 2.52 bits per heavy atom. The molecule has 0 aliphatic carbocycles. The predicted molar refractivity (Wildman–Crippen MR) is 109 cm³/mol. The van der Waals surface area contributed by atoms with Gasteiger partial charge in [-0.05, 0) is 64.2 Å². The molecule has 0 spiro atoms. The summed E-state index contributed by atoms with van der Waals surface area (Å²) >= 11 is 0. The second-order valence-electron chi connectivity index (χ2n) is 7.14. The van der Waals surface area contributed by atoms with Gasteiger partial charge in [-0.2, -0.15) is 0 Å². The second-order valence-corrected chi connectivity index (χ2v) is 7.14. The van der Waals surface area contributed by atoms with Crippen LogP contribution in [-0.4, -0.2) is 61.0 Å². The number of anilines is 3. The van der Waals surface area contributed by atoms with Gasteiger partial charge in [0.25, 0.3) is 5.91 Å². The standard InChI is InChI=1S/C20H28N6O/c1-15-14-18(19(27)21-10-13-25(2)3)24-20(22-15)23-16-6-8-17(9-7-16)26-11-4-5-12-26/h6-9,14H,4-5,10-13H2,1-3H3,(H,21,27)(H,22,23,24). The summed E-state index contributed by atoms with van der Waals surface area (Å²) in [4.78, 5) is 25.5. The van der Waals surface area contributed by atoms with Gasteiger partial charge in [0.05, 0.1) is 0 Å². The first-order chi connectivity index (χ1) is 13.0. The van der Waals surface area contributed by atoms with Crippen molar-refractivity contribution in [2.75, 3.05) is 50.5 Å². The molecule has 2 aromatic rings. The lowest BCUT2D eigenvalue weighted by Gasteiger charge is -2.17. The number of hydrogen-bond donors (Lipinski definition) is 2. The van der Waals surface area contributed by atoms with E-state index in [1.54, 1.807) is 6.07 Å². The molecule has 7 nitrogen and oxygen atoms in total. The van der Waals surface area contributed by atoms with E-state index in [2.05, 4.69) is 37.6 Å². The van der Waals surface area contributed by atoms with Crippen molar-refractivity contribution in [3.05, 3.63) is 41.7 Å².